The fourth-order valence-corrected chi connectivity index (χ4v) is 4.00. The molecule has 0 saturated heterocycles. The van der Waals surface area contributed by atoms with Crippen molar-refractivity contribution in [2.75, 3.05) is 6.61 Å². The summed E-state index contributed by atoms with van der Waals surface area (Å²) in [7, 11) is -3.82. The van der Waals surface area contributed by atoms with Gasteiger partial charge in [-0.25, -0.2) is 13.6 Å². The molecule has 0 bridgehead atoms. The monoisotopic (exact) mass is 397 g/mol. The Labute approximate surface area is 166 Å². The third-order valence-electron chi connectivity index (χ3n) is 5.19. The van der Waals surface area contributed by atoms with Crippen molar-refractivity contribution in [3.8, 4) is 5.75 Å². The van der Waals surface area contributed by atoms with Gasteiger partial charge in [-0.05, 0) is 36.0 Å². The highest BCUT2D eigenvalue weighted by Gasteiger charge is 2.24. The van der Waals surface area contributed by atoms with Crippen LogP contribution in [-0.2, 0) is 15.4 Å². The largest absolute Gasteiger partial charge is 0.492 e. The van der Waals surface area contributed by atoms with Crippen LogP contribution in [0.3, 0.4) is 0 Å². The van der Waals surface area contributed by atoms with Gasteiger partial charge in [0.25, 0.3) is 0 Å². The minimum Gasteiger partial charge on any atom is -0.492 e. The van der Waals surface area contributed by atoms with Gasteiger partial charge < -0.3 is 4.74 Å². The van der Waals surface area contributed by atoms with Crippen LogP contribution >= 0.6 is 0 Å². The van der Waals surface area contributed by atoms with E-state index in [1.807, 2.05) is 6.07 Å². The highest BCUT2D eigenvalue weighted by atomic mass is 32.2. The average Bonchev–Trinajstić information content (AvgIpc) is 2.60. The Morgan fingerprint density at radius 3 is 2.15 bits per heavy atom. The van der Waals surface area contributed by atoms with E-state index in [0.29, 0.717) is 12.4 Å². The van der Waals surface area contributed by atoms with E-state index in [9.17, 15) is 8.42 Å². The quantitative estimate of drug-likeness (QED) is 0.395. The first kappa shape index (κ1) is 24.0. The molecular formula is C22H39NO3S. The molecule has 27 heavy (non-hydrogen) atoms. The van der Waals surface area contributed by atoms with Crippen LogP contribution < -0.4 is 9.88 Å². The van der Waals surface area contributed by atoms with Crippen LogP contribution in [0.1, 0.15) is 97.5 Å². The van der Waals surface area contributed by atoms with Crippen molar-refractivity contribution in [2.24, 2.45) is 5.14 Å². The molecule has 0 aliphatic heterocycles. The standard InChI is InChI=1S/C22H39NO3S/c1-5-7-9-10-11-13-17-26-20-15-14-19(18-21(20)27(23,24)25)22(3,4)16-12-8-6-2/h14-15,18H,5-13,16-17H2,1-4H3,(H2,23,24,25). The molecule has 0 aliphatic rings. The lowest BCUT2D eigenvalue weighted by atomic mass is 9.80. The molecule has 0 radical (unpaired) electrons. The van der Waals surface area contributed by atoms with Gasteiger partial charge in [0.2, 0.25) is 10.0 Å². The first-order valence-corrected chi connectivity index (χ1v) is 12.1. The number of primary sulfonamides is 1. The lowest BCUT2D eigenvalue weighted by Crippen LogP contribution is -2.20. The van der Waals surface area contributed by atoms with Crippen molar-refractivity contribution in [3.05, 3.63) is 23.8 Å². The molecule has 1 aromatic carbocycles. The molecule has 0 spiro atoms. The highest BCUT2D eigenvalue weighted by molar-refractivity contribution is 7.89. The summed E-state index contributed by atoms with van der Waals surface area (Å²) < 4.78 is 30.0. The van der Waals surface area contributed by atoms with Crippen molar-refractivity contribution >= 4 is 10.0 Å². The number of unbranched alkanes of at least 4 members (excludes halogenated alkanes) is 7. The Morgan fingerprint density at radius 2 is 1.52 bits per heavy atom. The van der Waals surface area contributed by atoms with Crippen molar-refractivity contribution in [1.29, 1.82) is 0 Å². The molecule has 5 heteroatoms. The van der Waals surface area contributed by atoms with Gasteiger partial charge in [-0.2, -0.15) is 0 Å². The van der Waals surface area contributed by atoms with Gasteiger partial charge in [0.05, 0.1) is 6.61 Å². The second-order valence-electron chi connectivity index (χ2n) is 8.16. The molecule has 156 valence electrons. The van der Waals surface area contributed by atoms with E-state index in [0.717, 1.165) is 31.2 Å². The van der Waals surface area contributed by atoms with E-state index in [1.165, 1.54) is 38.5 Å². The maximum atomic E-state index is 12.1. The zero-order chi connectivity index (χ0) is 20.3. The molecule has 0 fully saturated rings. The summed E-state index contributed by atoms with van der Waals surface area (Å²) in [4.78, 5) is 0.106. The molecule has 2 N–H and O–H groups in total. The zero-order valence-corrected chi connectivity index (χ0v) is 18.5. The second-order valence-corrected chi connectivity index (χ2v) is 9.69. The average molecular weight is 398 g/mol. The van der Waals surface area contributed by atoms with Crippen LogP contribution in [0, 0.1) is 0 Å². The summed E-state index contributed by atoms with van der Waals surface area (Å²) in [5.74, 6) is 0.374. The second kappa shape index (κ2) is 11.7. The predicted octanol–water partition coefficient (Wildman–Crippen LogP) is 5.93. The Balaban J connectivity index is 2.79. The molecule has 0 aliphatic carbocycles. The number of hydrogen-bond donors (Lipinski definition) is 1. The summed E-state index contributed by atoms with van der Waals surface area (Å²) in [6, 6.07) is 5.46. The van der Waals surface area contributed by atoms with E-state index in [1.54, 1.807) is 12.1 Å². The normalized spacial score (nSPS) is 12.3. The molecule has 4 nitrogen and oxygen atoms in total. The van der Waals surface area contributed by atoms with Crippen LogP contribution in [0.2, 0.25) is 0 Å². The van der Waals surface area contributed by atoms with Crippen LogP contribution in [0.25, 0.3) is 0 Å². The van der Waals surface area contributed by atoms with Gasteiger partial charge >= 0.3 is 0 Å². The van der Waals surface area contributed by atoms with Gasteiger partial charge in [-0.3, -0.25) is 0 Å². The molecule has 0 saturated carbocycles. The summed E-state index contributed by atoms with van der Waals surface area (Å²) >= 11 is 0. The summed E-state index contributed by atoms with van der Waals surface area (Å²) in [5, 5.41) is 5.47. The molecule has 0 atom stereocenters. The minimum absolute atomic E-state index is 0.0909. The van der Waals surface area contributed by atoms with E-state index in [4.69, 9.17) is 9.88 Å². The number of ether oxygens (including phenoxy) is 1. The number of nitrogens with two attached hydrogens (primary N) is 1. The smallest absolute Gasteiger partial charge is 0.241 e. The first-order valence-electron chi connectivity index (χ1n) is 10.5. The molecule has 0 amide bonds. The van der Waals surface area contributed by atoms with E-state index >= 15 is 0 Å². The molecule has 1 rings (SSSR count). The number of hydrogen-bond acceptors (Lipinski definition) is 3. The minimum atomic E-state index is -3.82. The van der Waals surface area contributed by atoms with Crippen LogP contribution in [0.5, 0.6) is 5.75 Å². The van der Waals surface area contributed by atoms with Crippen LogP contribution in [0.15, 0.2) is 23.1 Å². The van der Waals surface area contributed by atoms with Crippen molar-refractivity contribution < 1.29 is 13.2 Å². The lowest BCUT2D eigenvalue weighted by molar-refractivity contribution is 0.296. The summed E-state index contributed by atoms with van der Waals surface area (Å²) in [6.07, 6.45) is 11.5. The van der Waals surface area contributed by atoms with Gasteiger partial charge in [0.1, 0.15) is 10.6 Å². The Bertz CT molecular complexity index is 654. The number of sulfonamides is 1. The Hall–Kier alpha value is -1.07. The topological polar surface area (TPSA) is 69.4 Å². The van der Waals surface area contributed by atoms with Gasteiger partial charge in [0, 0.05) is 0 Å². The van der Waals surface area contributed by atoms with Crippen molar-refractivity contribution in [3.63, 3.8) is 0 Å². The highest BCUT2D eigenvalue weighted by Crippen LogP contribution is 2.34. The van der Waals surface area contributed by atoms with E-state index in [-0.39, 0.29) is 10.3 Å². The van der Waals surface area contributed by atoms with Crippen molar-refractivity contribution in [2.45, 2.75) is 102 Å². The van der Waals surface area contributed by atoms with Crippen molar-refractivity contribution in [1.82, 2.24) is 0 Å². The van der Waals surface area contributed by atoms with Crippen LogP contribution in [-0.4, -0.2) is 15.0 Å². The SMILES string of the molecule is CCCCCCCCOc1ccc(C(C)(C)CCCCC)cc1S(N)(=O)=O. The molecule has 0 aromatic heterocycles. The summed E-state index contributed by atoms with van der Waals surface area (Å²) in [6.45, 7) is 9.21. The van der Waals surface area contributed by atoms with E-state index < -0.39 is 10.0 Å². The predicted molar refractivity (Wildman–Crippen MR) is 114 cm³/mol. The Morgan fingerprint density at radius 1 is 0.926 bits per heavy atom. The summed E-state index contributed by atoms with van der Waals surface area (Å²) in [5.41, 5.74) is 0.904. The zero-order valence-electron chi connectivity index (χ0n) is 17.7. The van der Waals surface area contributed by atoms with Gasteiger partial charge in [0.15, 0.2) is 0 Å². The molecule has 0 unspecified atom stereocenters. The maximum absolute atomic E-state index is 12.1. The van der Waals surface area contributed by atoms with E-state index in [2.05, 4.69) is 27.7 Å². The lowest BCUT2D eigenvalue weighted by Gasteiger charge is -2.26. The third kappa shape index (κ3) is 8.65. The fourth-order valence-electron chi connectivity index (χ4n) is 3.30. The molecule has 0 heterocycles. The fraction of sp³-hybridized carbons (Fsp3) is 0.727. The maximum Gasteiger partial charge on any atom is 0.241 e. The number of benzene rings is 1. The van der Waals surface area contributed by atoms with Gasteiger partial charge in [-0.1, -0.05) is 85.1 Å². The first-order chi connectivity index (χ1) is 12.7. The molecule has 1 aromatic rings. The van der Waals surface area contributed by atoms with Gasteiger partial charge in [-0.15, -0.1) is 0 Å². The number of rotatable bonds is 14. The molecular weight excluding hydrogens is 358 g/mol. The third-order valence-corrected chi connectivity index (χ3v) is 6.12. The Kier molecular flexibility index (Phi) is 10.4. The van der Waals surface area contributed by atoms with Crippen LogP contribution in [0.4, 0.5) is 0 Å².